The minimum absolute atomic E-state index is 0.411. The van der Waals surface area contributed by atoms with Crippen LogP contribution >= 0.6 is 0 Å². The molecule has 3 aliphatic rings. The molecule has 2 atom stereocenters. The van der Waals surface area contributed by atoms with Gasteiger partial charge in [-0.25, -0.2) is 0 Å². The fourth-order valence-corrected chi connectivity index (χ4v) is 3.42. The highest BCUT2D eigenvalue weighted by Crippen LogP contribution is 2.54. The van der Waals surface area contributed by atoms with E-state index < -0.39 is 0 Å². The summed E-state index contributed by atoms with van der Waals surface area (Å²) in [6.45, 7) is 3.09. The quantitative estimate of drug-likeness (QED) is 0.724. The SMILES string of the molecule is OCC1CCCCC1N1CC2(CC2)C1. The summed E-state index contributed by atoms with van der Waals surface area (Å²) in [5, 5.41) is 9.35. The first kappa shape index (κ1) is 9.17. The van der Waals surface area contributed by atoms with E-state index in [1.165, 1.54) is 51.6 Å². The molecular formula is C12H21NO. The van der Waals surface area contributed by atoms with Gasteiger partial charge in [0.25, 0.3) is 0 Å². The van der Waals surface area contributed by atoms with Crippen LogP contribution in [0.3, 0.4) is 0 Å². The Morgan fingerprint density at radius 3 is 2.50 bits per heavy atom. The molecule has 0 radical (unpaired) electrons. The number of aliphatic hydroxyl groups excluding tert-OH is 1. The van der Waals surface area contributed by atoms with Crippen LogP contribution in [0.2, 0.25) is 0 Å². The molecular weight excluding hydrogens is 174 g/mol. The zero-order valence-electron chi connectivity index (χ0n) is 8.91. The van der Waals surface area contributed by atoms with Crippen LogP contribution in [-0.2, 0) is 0 Å². The number of hydrogen-bond donors (Lipinski definition) is 1. The minimum atomic E-state index is 0.411. The van der Waals surface area contributed by atoms with Crippen molar-refractivity contribution in [3.63, 3.8) is 0 Å². The monoisotopic (exact) mass is 195 g/mol. The molecule has 2 aliphatic carbocycles. The van der Waals surface area contributed by atoms with Crippen LogP contribution in [0.25, 0.3) is 0 Å². The summed E-state index contributed by atoms with van der Waals surface area (Å²) in [6, 6.07) is 0.722. The van der Waals surface area contributed by atoms with Gasteiger partial charge in [0.05, 0.1) is 0 Å². The zero-order chi connectivity index (χ0) is 9.60. The largest absolute Gasteiger partial charge is 0.396 e. The second-order valence-electron chi connectivity index (χ2n) is 5.70. The van der Waals surface area contributed by atoms with Gasteiger partial charge >= 0.3 is 0 Å². The van der Waals surface area contributed by atoms with Crippen molar-refractivity contribution in [1.29, 1.82) is 0 Å². The summed E-state index contributed by atoms with van der Waals surface area (Å²) in [4.78, 5) is 2.65. The average Bonchev–Trinajstić information content (AvgIpc) is 2.95. The van der Waals surface area contributed by atoms with E-state index in [0.717, 1.165) is 11.5 Å². The van der Waals surface area contributed by atoms with Crippen molar-refractivity contribution in [3.05, 3.63) is 0 Å². The highest BCUT2D eigenvalue weighted by Gasteiger charge is 2.54. The van der Waals surface area contributed by atoms with Crippen LogP contribution < -0.4 is 0 Å². The molecule has 1 heterocycles. The van der Waals surface area contributed by atoms with Gasteiger partial charge in [0.2, 0.25) is 0 Å². The highest BCUT2D eigenvalue weighted by molar-refractivity contribution is 5.07. The number of likely N-dealkylation sites (tertiary alicyclic amines) is 1. The first-order chi connectivity index (χ1) is 6.83. The van der Waals surface area contributed by atoms with Crippen molar-refractivity contribution in [2.75, 3.05) is 19.7 Å². The first-order valence-corrected chi connectivity index (χ1v) is 6.18. The van der Waals surface area contributed by atoms with Crippen LogP contribution in [0, 0.1) is 11.3 Å². The fourth-order valence-electron chi connectivity index (χ4n) is 3.42. The Balaban J connectivity index is 1.59. The summed E-state index contributed by atoms with van der Waals surface area (Å²) in [5.41, 5.74) is 0.775. The molecule has 1 N–H and O–H groups in total. The van der Waals surface area contributed by atoms with Crippen LogP contribution in [-0.4, -0.2) is 35.7 Å². The Morgan fingerprint density at radius 1 is 1.14 bits per heavy atom. The lowest BCUT2D eigenvalue weighted by Crippen LogP contribution is -2.56. The molecule has 2 nitrogen and oxygen atoms in total. The van der Waals surface area contributed by atoms with E-state index in [0.29, 0.717) is 12.5 Å². The highest BCUT2D eigenvalue weighted by atomic mass is 16.3. The Morgan fingerprint density at radius 2 is 1.86 bits per heavy atom. The lowest BCUT2D eigenvalue weighted by Gasteiger charge is -2.49. The molecule has 0 aromatic heterocycles. The molecule has 1 saturated heterocycles. The number of nitrogens with zero attached hydrogens (tertiary/aromatic N) is 1. The number of aliphatic hydroxyl groups is 1. The van der Waals surface area contributed by atoms with Crippen molar-refractivity contribution in [2.45, 2.75) is 44.6 Å². The van der Waals surface area contributed by atoms with Crippen LogP contribution in [0.1, 0.15) is 38.5 Å². The van der Waals surface area contributed by atoms with E-state index in [9.17, 15) is 5.11 Å². The molecule has 14 heavy (non-hydrogen) atoms. The molecule has 1 aliphatic heterocycles. The Kier molecular flexibility index (Phi) is 2.10. The van der Waals surface area contributed by atoms with Gasteiger partial charge in [-0.3, -0.25) is 4.90 Å². The normalized spacial score (nSPS) is 40.9. The van der Waals surface area contributed by atoms with Crippen molar-refractivity contribution < 1.29 is 5.11 Å². The molecule has 0 aromatic carbocycles. The van der Waals surface area contributed by atoms with Gasteiger partial charge in [-0.15, -0.1) is 0 Å². The predicted molar refractivity (Wildman–Crippen MR) is 56.1 cm³/mol. The van der Waals surface area contributed by atoms with Gasteiger partial charge in [0.1, 0.15) is 0 Å². The Hall–Kier alpha value is -0.0800. The van der Waals surface area contributed by atoms with Gasteiger partial charge in [-0.2, -0.15) is 0 Å². The van der Waals surface area contributed by atoms with E-state index in [1.807, 2.05) is 0 Å². The molecule has 0 amide bonds. The van der Waals surface area contributed by atoms with E-state index >= 15 is 0 Å². The molecule has 3 rings (SSSR count). The molecule has 0 bridgehead atoms. The van der Waals surface area contributed by atoms with Gasteiger partial charge in [-0.05, 0) is 37.0 Å². The lowest BCUT2D eigenvalue weighted by molar-refractivity contribution is -0.0196. The Bertz CT molecular complexity index is 216. The maximum Gasteiger partial charge on any atom is 0.0474 e. The summed E-state index contributed by atoms with van der Waals surface area (Å²) >= 11 is 0. The third-order valence-corrected chi connectivity index (χ3v) is 4.61. The van der Waals surface area contributed by atoms with E-state index in [2.05, 4.69) is 4.90 Å². The zero-order valence-corrected chi connectivity index (χ0v) is 8.91. The molecule has 0 aromatic rings. The van der Waals surface area contributed by atoms with Crippen LogP contribution in [0.15, 0.2) is 0 Å². The second kappa shape index (κ2) is 3.21. The Labute approximate surface area is 86.3 Å². The summed E-state index contributed by atoms with van der Waals surface area (Å²) in [7, 11) is 0. The molecule has 80 valence electrons. The van der Waals surface area contributed by atoms with Gasteiger partial charge in [0, 0.05) is 25.7 Å². The maximum atomic E-state index is 9.35. The molecule has 3 fully saturated rings. The lowest BCUT2D eigenvalue weighted by atomic mass is 9.80. The van der Waals surface area contributed by atoms with Gasteiger partial charge in [0.15, 0.2) is 0 Å². The van der Waals surface area contributed by atoms with Crippen molar-refractivity contribution >= 4 is 0 Å². The molecule has 2 unspecified atom stereocenters. The first-order valence-electron chi connectivity index (χ1n) is 6.18. The predicted octanol–water partition coefficient (Wildman–Crippen LogP) is 1.63. The maximum absolute atomic E-state index is 9.35. The smallest absolute Gasteiger partial charge is 0.0474 e. The second-order valence-corrected chi connectivity index (χ2v) is 5.70. The van der Waals surface area contributed by atoms with Crippen LogP contribution in [0.4, 0.5) is 0 Å². The standard InChI is InChI=1S/C12H21NO/c14-7-10-3-1-2-4-11(10)13-8-12(9-13)5-6-12/h10-11,14H,1-9H2. The summed E-state index contributed by atoms with van der Waals surface area (Å²) < 4.78 is 0. The van der Waals surface area contributed by atoms with Gasteiger partial charge in [-0.1, -0.05) is 12.8 Å². The minimum Gasteiger partial charge on any atom is -0.396 e. The third kappa shape index (κ3) is 1.40. The molecule has 1 spiro atoms. The summed E-state index contributed by atoms with van der Waals surface area (Å²) in [6.07, 6.45) is 8.25. The van der Waals surface area contributed by atoms with E-state index in [4.69, 9.17) is 0 Å². The summed E-state index contributed by atoms with van der Waals surface area (Å²) in [5.74, 6) is 0.583. The van der Waals surface area contributed by atoms with E-state index in [-0.39, 0.29) is 0 Å². The van der Waals surface area contributed by atoms with Crippen molar-refractivity contribution in [1.82, 2.24) is 4.90 Å². The number of hydrogen-bond acceptors (Lipinski definition) is 2. The van der Waals surface area contributed by atoms with E-state index in [1.54, 1.807) is 0 Å². The van der Waals surface area contributed by atoms with Gasteiger partial charge < -0.3 is 5.11 Å². The average molecular weight is 195 g/mol. The third-order valence-electron chi connectivity index (χ3n) is 4.61. The topological polar surface area (TPSA) is 23.5 Å². The molecule has 2 saturated carbocycles. The van der Waals surface area contributed by atoms with Crippen molar-refractivity contribution in [3.8, 4) is 0 Å². The number of rotatable bonds is 2. The van der Waals surface area contributed by atoms with Crippen LogP contribution in [0.5, 0.6) is 0 Å². The molecule has 2 heteroatoms. The fraction of sp³-hybridized carbons (Fsp3) is 1.00. The van der Waals surface area contributed by atoms with Crippen molar-refractivity contribution in [2.24, 2.45) is 11.3 Å².